The molecular weight excluding hydrogens is 344 g/mol. The molecule has 2 N–H and O–H groups in total. The first kappa shape index (κ1) is 20.3. The van der Waals surface area contributed by atoms with Gasteiger partial charge in [0.15, 0.2) is 0 Å². The zero-order chi connectivity index (χ0) is 19.4. The Kier molecular flexibility index (Phi) is 6.34. The van der Waals surface area contributed by atoms with Gasteiger partial charge in [0.1, 0.15) is 11.6 Å². The molecule has 7 heteroatoms. The minimum Gasteiger partial charge on any atom is -0.481 e. The summed E-state index contributed by atoms with van der Waals surface area (Å²) in [4.78, 5) is 24.7. The minimum absolute atomic E-state index is 0.0421. The Balaban J connectivity index is 2.32. The van der Waals surface area contributed by atoms with Crippen molar-refractivity contribution in [3.8, 4) is 0 Å². The maximum absolute atomic E-state index is 14.4. The van der Waals surface area contributed by atoms with Crippen molar-refractivity contribution >= 4 is 11.9 Å². The molecule has 1 aromatic carbocycles. The fraction of sp³-hybridized carbons (Fsp3) is 0.579. The average molecular weight is 369 g/mol. The number of nitrogens with one attached hydrogen (secondary N) is 1. The largest absolute Gasteiger partial charge is 0.481 e. The molecule has 1 aliphatic rings. The van der Waals surface area contributed by atoms with Crippen molar-refractivity contribution in [3.05, 3.63) is 35.4 Å². The van der Waals surface area contributed by atoms with Crippen molar-refractivity contribution in [3.63, 3.8) is 0 Å². The number of aliphatic carboxylic acids is 1. The molecular formula is C19H25F2NO4. The van der Waals surface area contributed by atoms with E-state index in [1.165, 1.54) is 6.07 Å². The van der Waals surface area contributed by atoms with Crippen molar-refractivity contribution in [2.24, 2.45) is 5.41 Å². The summed E-state index contributed by atoms with van der Waals surface area (Å²) in [6, 6.07) is 3.18. The lowest BCUT2D eigenvalue weighted by atomic mass is 9.72. The topological polar surface area (TPSA) is 75.6 Å². The SMILES string of the molecule is CCC(CC)(CNC(=O)C1(c2ccc(F)cc2F)CCOCC1)C(=O)O. The lowest BCUT2D eigenvalue weighted by Crippen LogP contribution is -2.52. The van der Waals surface area contributed by atoms with Crippen molar-refractivity contribution in [1.29, 1.82) is 0 Å². The second kappa shape index (κ2) is 8.12. The lowest BCUT2D eigenvalue weighted by molar-refractivity contribution is -0.149. The van der Waals surface area contributed by atoms with Gasteiger partial charge in [0, 0.05) is 31.4 Å². The summed E-state index contributed by atoms with van der Waals surface area (Å²) < 4.78 is 33.0. The third-order valence-corrected chi connectivity index (χ3v) is 5.62. The number of hydrogen-bond donors (Lipinski definition) is 2. The van der Waals surface area contributed by atoms with E-state index in [-0.39, 0.29) is 38.2 Å². The fourth-order valence-corrected chi connectivity index (χ4v) is 3.51. The van der Waals surface area contributed by atoms with Crippen molar-refractivity contribution in [2.75, 3.05) is 19.8 Å². The van der Waals surface area contributed by atoms with Crippen LogP contribution in [0.5, 0.6) is 0 Å². The van der Waals surface area contributed by atoms with Gasteiger partial charge >= 0.3 is 5.97 Å². The van der Waals surface area contributed by atoms with Crippen LogP contribution in [0.2, 0.25) is 0 Å². The van der Waals surface area contributed by atoms with Crippen LogP contribution in [0.25, 0.3) is 0 Å². The van der Waals surface area contributed by atoms with Crippen LogP contribution in [0.4, 0.5) is 8.78 Å². The molecule has 5 nitrogen and oxygen atoms in total. The quantitative estimate of drug-likeness (QED) is 0.775. The summed E-state index contributed by atoms with van der Waals surface area (Å²) in [5.41, 5.74) is -2.14. The Bertz CT molecular complexity index is 668. The first-order valence-corrected chi connectivity index (χ1v) is 8.86. The third-order valence-electron chi connectivity index (χ3n) is 5.62. The van der Waals surface area contributed by atoms with Crippen molar-refractivity contribution in [2.45, 2.75) is 44.9 Å². The summed E-state index contributed by atoms with van der Waals surface area (Å²) in [7, 11) is 0. The number of benzene rings is 1. The highest BCUT2D eigenvalue weighted by Crippen LogP contribution is 2.37. The average Bonchev–Trinajstić information content (AvgIpc) is 2.63. The van der Waals surface area contributed by atoms with Crippen LogP contribution in [0.3, 0.4) is 0 Å². The molecule has 0 saturated carbocycles. The van der Waals surface area contributed by atoms with E-state index in [1.54, 1.807) is 13.8 Å². The predicted molar refractivity (Wildman–Crippen MR) is 91.7 cm³/mol. The molecule has 144 valence electrons. The fourth-order valence-electron chi connectivity index (χ4n) is 3.51. The second-order valence-electron chi connectivity index (χ2n) is 6.79. The van der Waals surface area contributed by atoms with Crippen molar-refractivity contribution in [1.82, 2.24) is 5.32 Å². The number of carboxylic acid groups (broad SMARTS) is 1. The van der Waals surface area contributed by atoms with E-state index in [0.717, 1.165) is 12.1 Å². The molecule has 0 aromatic heterocycles. The Morgan fingerprint density at radius 1 is 1.23 bits per heavy atom. The minimum atomic E-state index is -1.19. The standard InChI is InChI=1S/C19H25F2NO4/c1-3-18(4-2,17(24)25)12-22-16(23)19(7-9-26-10-8-19)14-6-5-13(20)11-15(14)21/h5-6,11H,3-4,7-10,12H2,1-2H3,(H,22,23)(H,24,25). The number of carboxylic acids is 1. The van der Waals surface area contributed by atoms with E-state index in [9.17, 15) is 23.5 Å². The van der Waals surface area contributed by atoms with E-state index in [0.29, 0.717) is 12.8 Å². The van der Waals surface area contributed by atoms with E-state index in [1.807, 2.05) is 0 Å². The molecule has 0 spiro atoms. The van der Waals surface area contributed by atoms with Gasteiger partial charge < -0.3 is 15.2 Å². The van der Waals surface area contributed by atoms with Gasteiger partial charge in [-0.25, -0.2) is 8.78 Å². The van der Waals surface area contributed by atoms with Crippen LogP contribution in [-0.2, 0) is 19.7 Å². The molecule has 1 fully saturated rings. The third kappa shape index (κ3) is 3.72. The Morgan fingerprint density at radius 2 is 1.85 bits per heavy atom. The van der Waals surface area contributed by atoms with Gasteiger partial charge in [-0.15, -0.1) is 0 Å². The van der Waals surface area contributed by atoms with Crippen LogP contribution < -0.4 is 5.32 Å². The van der Waals surface area contributed by atoms with E-state index in [2.05, 4.69) is 5.32 Å². The first-order chi connectivity index (χ1) is 12.3. The molecule has 0 unspecified atom stereocenters. The summed E-state index contributed by atoms with van der Waals surface area (Å²) in [5, 5.41) is 12.3. The van der Waals surface area contributed by atoms with Crippen LogP contribution in [-0.4, -0.2) is 36.7 Å². The zero-order valence-electron chi connectivity index (χ0n) is 15.1. The van der Waals surface area contributed by atoms with Crippen LogP contribution in [0.15, 0.2) is 18.2 Å². The monoisotopic (exact) mass is 369 g/mol. The zero-order valence-corrected chi connectivity index (χ0v) is 15.1. The van der Waals surface area contributed by atoms with E-state index in [4.69, 9.17) is 4.74 Å². The molecule has 1 aromatic rings. The lowest BCUT2D eigenvalue weighted by Gasteiger charge is -2.37. The van der Waals surface area contributed by atoms with Crippen LogP contribution in [0.1, 0.15) is 45.1 Å². The van der Waals surface area contributed by atoms with Gasteiger partial charge in [-0.2, -0.15) is 0 Å². The number of ether oxygens (including phenoxy) is 1. The first-order valence-electron chi connectivity index (χ1n) is 8.86. The number of rotatable bonds is 7. The Morgan fingerprint density at radius 3 is 2.35 bits per heavy atom. The number of hydrogen-bond acceptors (Lipinski definition) is 3. The Hall–Kier alpha value is -2.02. The molecule has 1 heterocycles. The highest BCUT2D eigenvalue weighted by Gasteiger charge is 2.45. The highest BCUT2D eigenvalue weighted by molar-refractivity contribution is 5.89. The van der Waals surface area contributed by atoms with E-state index < -0.39 is 34.3 Å². The maximum Gasteiger partial charge on any atom is 0.311 e. The molecule has 1 aliphatic heterocycles. The molecule has 0 bridgehead atoms. The van der Waals surface area contributed by atoms with Gasteiger partial charge in [0.2, 0.25) is 5.91 Å². The smallest absolute Gasteiger partial charge is 0.311 e. The molecule has 0 radical (unpaired) electrons. The van der Waals surface area contributed by atoms with Crippen LogP contribution >= 0.6 is 0 Å². The van der Waals surface area contributed by atoms with Gasteiger partial charge in [-0.05, 0) is 31.7 Å². The molecule has 0 atom stereocenters. The summed E-state index contributed by atoms with van der Waals surface area (Å²) >= 11 is 0. The van der Waals surface area contributed by atoms with Crippen molar-refractivity contribution < 1.29 is 28.2 Å². The predicted octanol–water partition coefficient (Wildman–Crippen LogP) is 3.02. The second-order valence-corrected chi connectivity index (χ2v) is 6.79. The molecule has 1 amide bonds. The Labute approximate surface area is 151 Å². The van der Waals surface area contributed by atoms with Gasteiger partial charge in [-0.1, -0.05) is 19.9 Å². The van der Waals surface area contributed by atoms with E-state index >= 15 is 0 Å². The molecule has 0 aliphatic carbocycles. The van der Waals surface area contributed by atoms with Gasteiger partial charge in [0.05, 0.1) is 10.8 Å². The highest BCUT2D eigenvalue weighted by atomic mass is 19.1. The van der Waals surface area contributed by atoms with Gasteiger partial charge in [-0.3, -0.25) is 9.59 Å². The number of halogens is 2. The molecule has 26 heavy (non-hydrogen) atoms. The molecule has 1 saturated heterocycles. The van der Waals surface area contributed by atoms with Crippen LogP contribution in [0, 0.1) is 17.0 Å². The normalized spacial score (nSPS) is 16.9. The summed E-state index contributed by atoms with van der Waals surface area (Å²) in [6.07, 6.45) is 1.22. The molecule has 2 rings (SSSR count). The maximum atomic E-state index is 14.4. The summed E-state index contributed by atoms with van der Waals surface area (Å²) in [6.45, 7) is 4.02. The van der Waals surface area contributed by atoms with Gasteiger partial charge in [0.25, 0.3) is 0 Å². The number of carbonyl (C=O) groups excluding carboxylic acids is 1. The number of carbonyl (C=O) groups is 2. The summed E-state index contributed by atoms with van der Waals surface area (Å²) in [5.74, 6) is -2.91. The number of amides is 1.